The molecule has 7 heteroatoms. The lowest BCUT2D eigenvalue weighted by molar-refractivity contribution is -0.384. The Hall–Kier alpha value is -2.41. The molecular formula is C14H11BrN2O4. The van der Waals surface area contributed by atoms with Crippen molar-refractivity contribution in [1.29, 1.82) is 0 Å². The highest BCUT2D eigenvalue weighted by molar-refractivity contribution is 9.10. The molecule has 0 bridgehead atoms. The quantitative estimate of drug-likeness (QED) is 0.639. The van der Waals surface area contributed by atoms with Gasteiger partial charge in [0, 0.05) is 22.3 Å². The molecule has 2 rings (SSSR count). The fourth-order valence-corrected chi connectivity index (χ4v) is 2.19. The second-order valence-corrected chi connectivity index (χ2v) is 5.18. The van der Waals surface area contributed by atoms with Crippen LogP contribution in [0.4, 0.5) is 17.1 Å². The summed E-state index contributed by atoms with van der Waals surface area (Å²) in [5.74, 6) is -1.15. The molecule has 0 aliphatic heterocycles. The normalized spacial score (nSPS) is 10.2. The largest absolute Gasteiger partial charge is 0.478 e. The number of carboxylic acids is 1. The molecule has 0 aliphatic rings. The summed E-state index contributed by atoms with van der Waals surface area (Å²) in [6.07, 6.45) is 0. The summed E-state index contributed by atoms with van der Waals surface area (Å²) in [4.78, 5) is 21.5. The molecule has 2 N–H and O–H groups in total. The number of nitro benzene ring substituents is 1. The molecular weight excluding hydrogens is 340 g/mol. The third-order valence-electron chi connectivity index (χ3n) is 2.98. The molecule has 0 unspecified atom stereocenters. The van der Waals surface area contributed by atoms with Crippen LogP contribution in [0.2, 0.25) is 0 Å². The fraction of sp³-hybridized carbons (Fsp3) is 0.0714. The fourth-order valence-electron chi connectivity index (χ4n) is 1.82. The van der Waals surface area contributed by atoms with Crippen LogP contribution in [-0.2, 0) is 0 Å². The Labute approximate surface area is 128 Å². The van der Waals surface area contributed by atoms with Crippen molar-refractivity contribution in [3.05, 3.63) is 62.1 Å². The number of carboxylic acid groups (broad SMARTS) is 1. The van der Waals surface area contributed by atoms with Crippen molar-refractivity contribution < 1.29 is 14.8 Å². The van der Waals surface area contributed by atoms with Crippen LogP contribution < -0.4 is 5.32 Å². The van der Waals surface area contributed by atoms with Gasteiger partial charge in [0.15, 0.2) is 0 Å². The number of anilines is 2. The van der Waals surface area contributed by atoms with E-state index in [9.17, 15) is 20.0 Å². The Kier molecular flexibility index (Phi) is 4.23. The van der Waals surface area contributed by atoms with E-state index in [1.54, 1.807) is 12.1 Å². The molecule has 0 saturated heterocycles. The Balaban J connectivity index is 2.51. The first-order valence-corrected chi connectivity index (χ1v) is 6.73. The summed E-state index contributed by atoms with van der Waals surface area (Å²) in [6, 6.07) is 9.01. The van der Waals surface area contributed by atoms with Gasteiger partial charge in [-0.2, -0.15) is 0 Å². The maximum absolute atomic E-state index is 11.2. The third kappa shape index (κ3) is 3.19. The van der Waals surface area contributed by atoms with Gasteiger partial charge in [-0.3, -0.25) is 10.1 Å². The Bertz CT molecular complexity index is 731. The minimum absolute atomic E-state index is 0.0278. The van der Waals surface area contributed by atoms with Crippen LogP contribution in [0.3, 0.4) is 0 Å². The summed E-state index contributed by atoms with van der Waals surface area (Å²) in [7, 11) is 0. The number of non-ortho nitro benzene ring substituents is 1. The summed E-state index contributed by atoms with van der Waals surface area (Å²) in [5.41, 5.74) is 1.53. The van der Waals surface area contributed by atoms with Crippen molar-refractivity contribution in [3.8, 4) is 0 Å². The molecule has 0 aromatic heterocycles. The topological polar surface area (TPSA) is 92.5 Å². The number of hydrogen-bond donors (Lipinski definition) is 2. The molecule has 0 amide bonds. The molecule has 0 spiro atoms. The Morgan fingerprint density at radius 2 is 2.00 bits per heavy atom. The van der Waals surface area contributed by atoms with E-state index in [-0.39, 0.29) is 16.9 Å². The lowest BCUT2D eigenvalue weighted by Gasteiger charge is -2.12. The van der Waals surface area contributed by atoms with Gasteiger partial charge in [0.05, 0.1) is 16.2 Å². The van der Waals surface area contributed by atoms with Gasteiger partial charge in [-0.1, -0.05) is 22.0 Å². The van der Waals surface area contributed by atoms with Crippen LogP contribution in [0.1, 0.15) is 15.9 Å². The van der Waals surface area contributed by atoms with Crippen molar-refractivity contribution in [2.75, 3.05) is 5.32 Å². The summed E-state index contributed by atoms with van der Waals surface area (Å²) in [5, 5.41) is 23.0. The van der Waals surface area contributed by atoms with Gasteiger partial charge in [0.2, 0.25) is 0 Å². The predicted octanol–water partition coefficient (Wildman–Crippen LogP) is 4.11. The standard InChI is InChI=1S/C14H11BrN2O4/c1-8-11(15)3-2-4-12(8)16-13-7-9(17(20)21)5-6-10(13)14(18)19/h2-7,16H,1H3,(H,18,19). The van der Waals surface area contributed by atoms with E-state index in [4.69, 9.17) is 0 Å². The van der Waals surface area contributed by atoms with Gasteiger partial charge < -0.3 is 10.4 Å². The molecule has 2 aromatic carbocycles. The molecule has 6 nitrogen and oxygen atoms in total. The second kappa shape index (κ2) is 5.92. The van der Waals surface area contributed by atoms with E-state index in [0.717, 1.165) is 10.0 Å². The van der Waals surface area contributed by atoms with Gasteiger partial charge in [-0.05, 0) is 30.7 Å². The van der Waals surface area contributed by atoms with Crippen molar-refractivity contribution in [2.24, 2.45) is 0 Å². The monoisotopic (exact) mass is 350 g/mol. The molecule has 0 saturated carbocycles. The van der Waals surface area contributed by atoms with E-state index in [0.29, 0.717) is 5.69 Å². The minimum atomic E-state index is -1.15. The third-order valence-corrected chi connectivity index (χ3v) is 3.84. The maximum atomic E-state index is 11.2. The highest BCUT2D eigenvalue weighted by atomic mass is 79.9. The lowest BCUT2D eigenvalue weighted by atomic mass is 10.1. The number of aromatic carboxylic acids is 1. The van der Waals surface area contributed by atoms with Crippen LogP contribution in [-0.4, -0.2) is 16.0 Å². The molecule has 21 heavy (non-hydrogen) atoms. The number of nitrogens with one attached hydrogen (secondary N) is 1. The molecule has 0 atom stereocenters. The maximum Gasteiger partial charge on any atom is 0.337 e. The number of benzene rings is 2. The van der Waals surface area contributed by atoms with Crippen LogP contribution >= 0.6 is 15.9 Å². The highest BCUT2D eigenvalue weighted by Gasteiger charge is 2.16. The number of halogens is 1. The van der Waals surface area contributed by atoms with E-state index in [1.807, 2.05) is 13.0 Å². The van der Waals surface area contributed by atoms with Crippen LogP contribution in [0.25, 0.3) is 0 Å². The number of rotatable bonds is 4. The Morgan fingerprint density at radius 1 is 1.29 bits per heavy atom. The van der Waals surface area contributed by atoms with Crippen LogP contribution in [0.15, 0.2) is 40.9 Å². The van der Waals surface area contributed by atoms with Gasteiger partial charge in [-0.15, -0.1) is 0 Å². The number of carbonyl (C=O) groups is 1. The number of hydrogen-bond acceptors (Lipinski definition) is 4. The Morgan fingerprint density at radius 3 is 2.62 bits per heavy atom. The number of nitrogens with zero attached hydrogens (tertiary/aromatic N) is 1. The molecule has 108 valence electrons. The van der Waals surface area contributed by atoms with Gasteiger partial charge >= 0.3 is 5.97 Å². The van der Waals surface area contributed by atoms with E-state index >= 15 is 0 Å². The van der Waals surface area contributed by atoms with E-state index in [1.165, 1.54) is 18.2 Å². The summed E-state index contributed by atoms with van der Waals surface area (Å²) < 4.78 is 0.856. The molecule has 2 aromatic rings. The van der Waals surface area contributed by atoms with E-state index in [2.05, 4.69) is 21.2 Å². The summed E-state index contributed by atoms with van der Waals surface area (Å²) >= 11 is 3.38. The molecule has 0 aliphatic carbocycles. The predicted molar refractivity (Wildman–Crippen MR) is 82.2 cm³/mol. The first kappa shape index (κ1) is 15.0. The van der Waals surface area contributed by atoms with Gasteiger partial charge in [-0.25, -0.2) is 4.79 Å². The lowest BCUT2D eigenvalue weighted by Crippen LogP contribution is -2.04. The van der Waals surface area contributed by atoms with Crippen LogP contribution in [0, 0.1) is 17.0 Å². The SMILES string of the molecule is Cc1c(Br)cccc1Nc1cc([N+](=O)[O-])ccc1C(=O)O. The number of nitro groups is 1. The van der Waals surface area contributed by atoms with Gasteiger partial charge in [0.1, 0.15) is 0 Å². The summed E-state index contributed by atoms with van der Waals surface area (Å²) in [6.45, 7) is 1.85. The van der Waals surface area contributed by atoms with Gasteiger partial charge in [0.25, 0.3) is 5.69 Å². The minimum Gasteiger partial charge on any atom is -0.478 e. The van der Waals surface area contributed by atoms with Crippen molar-refractivity contribution in [1.82, 2.24) is 0 Å². The van der Waals surface area contributed by atoms with Crippen molar-refractivity contribution in [3.63, 3.8) is 0 Å². The smallest absolute Gasteiger partial charge is 0.337 e. The zero-order valence-corrected chi connectivity index (χ0v) is 12.5. The molecule has 0 heterocycles. The first-order chi connectivity index (χ1) is 9.90. The van der Waals surface area contributed by atoms with Crippen molar-refractivity contribution >= 4 is 39.0 Å². The first-order valence-electron chi connectivity index (χ1n) is 5.94. The molecule has 0 fully saturated rings. The van der Waals surface area contributed by atoms with E-state index < -0.39 is 10.9 Å². The zero-order valence-electron chi connectivity index (χ0n) is 11.0. The van der Waals surface area contributed by atoms with Crippen molar-refractivity contribution in [2.45, 2.75) is 6.92 Å². The average molecular weight is 351 g/mol. The average Bonchev–Trinajstić information content (AvgIpc) is 2.43. The zero-order chi connectivity index (χ0) is 15.6. The second-order valence-electron chi connectivity index (χ2n) is 4.33. The van der Waals surface area contributed by atoms with Crippen LogP contribution in [0.5, 0.6) is 0 Å². The highest BCUT2D eigenvalue weighted by Crippen LogP contribution is 2.30. The molecule has 0 radical (unpaired) electrons.